The highest BCUT2D eigenvalue weighted by molar-refractivity contribution is 5.70. The molecule has 0 fully saturated rings. The first kappa shape index (κ1) is 11.0. The summed E-state index contributed by atoms with van der Waals surface area (Å²) in [5.41, 5.74) is 1.46. The first-order chi connectivity index (χ1) is 6.97. The van der Waals surface area contributed by atoms with Crippen molar-refractivity contribution in [2.24, 2.45) is 0 Å². The molecule has 0 aromatic carbocycles. The molecule has 0 radical (unpaired) electrons. The molecule has 0 bridgehead atoms. The number of nitrogens with one attached hydrogen (secondary N) is 2. The summed E-state index contributed by atoms with van der Waals surface area (Å²) in [7, 11) is 1.40. The van der Waals surface area contributed by atoms with Gasteiger partial charge in [0, 0.05) is 18.3 Å². The predicted molar refractivity (Wildman–Crippen MR) is 52.7 cm³/mol. The fourth-order valence-corrected chi connectivity index (χ4v) is 1.24. The summed E-state index contributed by atoms with van der Waals surface area (Å²) in [4.78, 5) is 35.7. The Morgan fingerprint density at radius 3 is 2.60 bits per heavy atom. The molecule has 0 saturated heterocycles. The number of carboxylic acids is 1. The van der Waals surface area contributed by atoms with Gasteiger partial charge in [0.25, 0.3) is 5.56 Å². The van der Waals surface area contributed by atoms with Gasteiger partial charge in [-0.25, -0.2) is 4.79 Å². The van der Waals surface area contributed by atoms with Crippen molar-refractivity contribution in [3.63, 3.8) is 0 Å². The lowest BCUT2D eigenvalue weighted by Crippen LogP contribution is -2.42. The Labute approximate surface area is 84.3 Å². The van der Waals surface area contributed by atoms with Crippen LogP contribution in [0.5, 0.6) is 0 Å². The zero-order valence-corrected chi connectivity index (χ0v) is 8.33. The molecule has 1 heterocycles. The van der Waals surface area contributed by atoms with Crippen LogP contribution in [0.3, 0.4) is 0 Å². The van der Waals surface area contributed by atoms with E-state index in [4.69, 9.17) is 5.11 Å². The van der Waals surface area contributed by atoms with Crippen LogP contribution in [0.15, 0.2) is 9.59 Å². The minimum Gasteiger partial charge on any atom is -0.481 e. The van der Waals surface area contributed by atoms with Crippen molar-refractivity contribution in [1.29, 1.82) is 0 Å². The van der Waals surface area contributed by atoms with Gasteiger partial charge in [-0.15, -0.1) is 0 Å². The van der Waals surface area contributed by atoms with Crippen LogP contribution < -0.4 is 16.7 Å². The Bertz CT molecular complexity index is 500. The zero-order valence-electron chi connectivity index (χ0n) is 8.33. The van der Waals surface area contributed by atoms with Crippen molar-refractivity contribution in [3.8, 4) is 0 Å². The molecule has 0 unspecified atom stereocenters. The molecular formula is C8H11N3O4. The third-order valence-corrected chi connectivity index (χ3v) is 1.96. The van der Waals surface area contributed by atoms with Gasteiger partial charge in [-0.2, -0.15) is 4.68 Å². The number of carboxylic acid groups (broad SMARTS) is 1. The number of hydrogen-bond acceptors (Lipinski definition) is 4. The number of hydrogen-bond donors (Lipinski definition) is 3. The van der Waals surface area contributed by atoms with E-state index in [1.54, 1.807) is 0 Å². The van der Waals surface area contributed by atoms with E-state index in [-0.39, 0.29) is 11.3 Å². The van der Waals surface area contributed by atoms with Gasteiger partial charge < -0.3 is 15.5 Å². The number of rotatable bonds is 3. The molecule has 1 rings (SSSR count). The average Bonchev–Trinajstić information content (AvgIpc) is 2.12. The van der Waals surface area contributed by atoms with E-state index >= 15 is 0 Å². The second-order valence-corrected chi connectivity index (χ2v) is 2.97. The van der Waals surface area contributed by atoms with Crippen LogP contribution in [0.4, 0.5) is 0 Å². The summed E-state index contributed by atoms with van der Waals surface area (Å²) >= 11 is 0. The topological polar surface area (TPSA) is 104 Å². The fourth-order valence-electron chi connectivity index (χ4n) is 1.24. The van der Waals surface area contributed by atoms with Crippen molar-refractivity contribution in [2.45, 2.75) is 13.3 Å². The van der Waals surface area contributed by atoms with Crippen LogP contribution in [-0.2, 0) is 11.2 Å². The molecule has 0 aliphatic carbocycles. The molecule has 0 saturated carbocycles. The minimum absolute atomic E-state index is 0.0662. The maximum absolute atomic E-state index is 11.6. The van der Waals surface area contributed by atoms with Crippen LogP contribution in [0.2, 0.25) is 0 Å². The minimum atomic E-state index is -1.12. The molecule has 7 nitrogen and oxygen atoms in total. The van der Waals surface area contributed by atoms with Gasteiger partial charge in [0.2, 0.25) is 0 Å². The summed E-state index contributed by atoms with van der Waals surface area (Å²) in [5, 5.41) is 8.59. The highest BCUT2D eigenvalue weighted by Crippen LogP contribution is 1.96. The monoisotopic (exact) mass is 213 g/mol. The fraction of sp³-hybridized carbons (Fsp3) is 0.375. The van der Waals surface area contributed by atoms with Crippen molar-refractivity contribution >= 4 is 5.97 Å². The maximum atomic E-state index is 11.6. The predicted octanol–water partition coefficient (Wildman–Crippen LogP) is -1.35. The molecule has 0 atom stereocenters. The van der Waals surface area contributed by atoms with Crippen molar-refractivity contribution < 1.29 is 9.90 Å². The molecule has 0 aliphatic heterocycles. The average molecular weight is 213 g/mol. The maximum Gasteiger partial charge on any atom is 0.347 e. The lowest BCUT2D eigenvalue weighted by atomic mass is 10.2. The number of H-pyrrole nitrogens is 1. The van der Waals surface area contributed by atoms with Gasteiger partial charge in [-0.05, 0) is 6.92 Å². The van der Waals surface area contributed by atoms with Crippen LogP contribution in [0.1, 0.15) is 11.3 Å². The first-order valence-corrected chi connectivity index (χ1v) is 4.21. The molecule has 0 aliphatic rings. The SMILES string of the molecule is CNn1c(=O)[nH]c(C)c(CC(=O)O)c1=O. The molecule has 7 heteroatoms. The number of carbonyl (C=O) groups is 1. The van der Waals surface area contributed by atoms with Crippen molar-refractivity contribution in [1.82, 2.24) is 9.66 Å². The van der Waals surface area contributed by atoms with E-state index in [0.717, 1.165) is 4.68 Å². The number of aromatic nitrogens is 2. The molecular weight excluding hydrogens is 202 g/mol. The number of aromatic amines is 1. The van der Waals surface area contributed by atoms with E-state index in [1.165, 1.54) is 14.0 Å². The van der Waals surface area contributed by atoms with Gasteiger partial charge in [-0.1, -0.05) is 0 Å². The molecule has 1 aromatic heterocycles. The van der Waals surface area contributed by atoms with E-state index in [0.29, 0.717) is 0 Å². The lowest BCUT2D eigenvalue weighted by molar-refractivity contribution is -0.136. The first-order valence-electron chi connectivity index (χ1n) is 4.21. The van der Waals surface area contributed by atoms with Gasteiger partial charge >= 0.3 is 11.7 Å². The molecule has 0 amide bonds. The van der Waals surface area contributed by atoms with Crippen molar-refractivity contribution in [3.05, 3.63) is 32.1 Å². The third kappa shape index (κ3) is 2.06. The lowest BCUT2D eigenvalue weighted by Gasteiger charge is -2.07. The van der Waals surface area contributed by atoms with E-state index in [2.05, 4.69) is 10.4 Å². The van der Waals surface area contributed by atoms with E-state index in [1.807, 2.05) is 0 Å². The second kappa shape index (κ2) is 3.99. The molecule has 1 aromatic rings. The molecule has 0 spiro atoms. The quantitative estimate of drug-likeness (QED) is 0.575. The highest BCUT2D eigenvalue weighted by atomic mass is 16.4. The Kier molecular flexibility index (Phi) is 2.93. The highest BCUT2D eigenvalue weighted by Gasteiger charge is 2.13. The normalized spacial score (nSPS) is 10.0. The van der Waals surface area contributed by atoms with E-state index in [9.17, 15) is 14.4 Å². The zero-order chi connectivity index (χ0) is 11.6. The Balaban J connectivity index is 3.46. The number of aliphatic carboxylic acids is 1. The van der Waals surface area contributed by atoms with Crippen LogP contribution in [0.25, 0.3) is 0 Å². The summed E-state index contributed by atoms with van der Waals surface area (Å²) in [6, 6.07) is 0. The largest absolute Gasteiger partial charge is 0.481 e. The third-order valence-electron chi connectivity index (χ3n) is 1.96. The van der Waals surface area contributed by atoms with Gasteiger partial charge in [0.15, 0.2) is 0 Å². The van der Waals surface area contributed by atoms with Crippen molar-refractivity contribution in [2.75, 3.05) is 12.5 Å². The van der Waals surface area contributed by atoms with Crippen LogP contribution in [-0.4, -0.2) is 27.8 Å². The Morgan fingerprint density at radius 2 is 2.13 bits per heavy atom. The van der Waals surface area contributed by atoms with Crippen LogP contribution in [0, 0.1) is 6.92 Å². The second-order valence-electron chi connectivity index (χ2n) is 2.97. The smallest absolute Gasteiger partial charge is 0.347 e. The summed E-state index contributed by atoms with van der Waals surface area (Å²) in [6.45, 7) is 1.49. The van der Waals surface area contributed by atoms with Gasteiger partial charge in [-0.3, -0.25) is 9.59 Å². The summed E-state index contributed by atoms with van der Waals surface area (Å²) in [6.07, 6.45) is -0.414. The summed E-state index contributed by atoms with van der Waals surface area (Å²) in [5.74, 6) is -1.12. The molecule has 3 N–H and O–H groups in total. The standard InChI is InChI=1S/C8H11N3O4/c1-4-5(3-6(12)13)7(14)11(9-2)8(15)10-4/h9H,3H2,1-2H3,(H,10,15)(H,12,13). The molecule has 82 valence electrons. The number of nitrogens with zero attached hydrogens (tertiary/aromatic N) is 1. The summed E-state index contributed by atoms with van der Waals surface area (Å²) < 4.78 is 0.727. The Hall–Kier alpha value is -2.05. The Morgan fingerprint density at radius 1 is 1.53 bits per heavy atom. The van der Waals surface area contributed by atoms with Crippen LogP contribution >= 0.6 is 0 Å². The van der Waals surface area contributed by atoms with E-state index < -0.39 is 23.6 Å². The van der Waals surface area contributed by atoms with Gasteiger partial charge in [0.05, 0.1) is 6.42 Å². The number of aryl methyl sites for hydroxylation is 1. The van der Waals surface area contributed by atoms with Gasteiger partial charge in [0.1, 0.15) is 0 Å². The molecule has 15 heavy (non-hydrogen) atoms.